The number of likely N-dealkylation sites (tertiary alicyclic amines) is 1. The monoisotopic (exact) mass is 256 g/mol. The Kier molecular flexibility index (Phi) is 3.27. The number of rotatable bonds is 2. The molecule has 0 spiro atoms. The summed E-state index contributed by atoms with van der Waals surface area (Å²) in [5.74, 6) is 0.0273. The third-order valence-corrected chi connectivity index (χ3v) is 3.53. The van der Waals surface area contributed by atoms with Crippen molar-refractivity contribution in [1.82, 2.24) is 19.7 Å². The summed E-state index contributed by atoms with van der Waals surface area (Å²) in [6.07, 6.45) is 7.33. The summed E-state index contributed by atoms with van der Waals surface area (Å²) in [4.78, 5) is 18.2. The van der Waals surface area contributed by atoms with E-state index in [9.17, 15) is 4.79 Å². The number of carbonyl (C=O) groups excluding carboxylic acids is 1. The van der Waals surface area contributed by atoms with Gasteiger partial charge in [-0.15, -0.1) is 0 Å². The number of pyridine rings is 1. The minimum absolute atomic E-state index is 0.0273. The van der Waals surface area contributed by atoms with Gasteiger partial charge in [-0.1, -0.05) is 6.07 Å². The van der Waals surface area contributed by atoms with Crippen LogP contribution in [0, 0.1) is 0 Å². The average Bonchev–Trinajstić information content (AvgIpc) is 3.02. The Bertz CT molecular complexity index is 530. The topological polar surface area (TPSA) is 51.0 Å². The number of carbonyl (C=O) groups is 1. The van der Waals surface area contributed by atoms with Crippen LogP contribution in [-0.4, -0.2) is 38.7 Å². The van der Waals surface area contributed by atoms with Crippen molar-refractivity contribution in [3.8, 4) is 0 Å². The first-order valence-corrected chi connectivity index (χ1v) is 6.54. The van der Waals surface area contributed by atoms with Crippen molar-refractivity contribution in [2.75, 3.05) is 13.1 Å². The van der Waals surface area contributed by atoms with E-state index in [2.05, 4.69) is 10.1 Å². The van der Waals surface area contributed by atoms with E-state index in [1.807, 2.05) is 34.0 Å². The number of aromatic nitrogens is 3. The second-order valence-electron chi connectivity index (χ2n) is 4.72. The molecule has 1 aliphatic heterocycles. The summed E-state index contributed by atoms with van der Waals surface area (Å²) in [6.45, 7) is 1.53. The smallest absolute Gasteiger partial charge is 0.272 e. The van der Waals surface area contributed by atoms with Crippen LogP contribution >= 0.6 is 0 Å². The fourth-order valence-electron chi connectivity index (χ4n) is 2.48. The molecular weight excluding hydrogens is 240 g/mol. The van der Waals surface area contributed by atoms with E-state index in [1.165, 1.54) is 0 Å². The molecule has 0 aliphatic carbocycles. The van der Waals surface area contributed by atoms with Crippen LogP contribution < -0.4 is 0 Å². The highest BCUT2D eigenvalue weighted by molar-refractivity contribution is 5.92. The summed E-state index contributed by atoms with van der Waals surface area (Å²) in [7, 11) is 0. The summed E-state index contributed by atoms with van der Waals surface area (Å²) < 4.78 is 1.99. The second kappa shape index (κ2) is 5.22. The van der Waals surface area contributed by atoms with E-state index in [0.717, 1.165) is 25.9 Å². The van der Waals surface area contributed by atoms with Crippen molar-refractivity contribution in [3.05, 3.63) is 48.5 Å². The quantitative estimate of drug-likeness (QED) is 0.822. The Labute approximate surface area is 111 Å². The first-order valence-electron chi connectivity index (χ1n) is 6.54. The molecule has 1 saturated heterocycles. The minimum Gasteiger partial charge on any atom is -0.337 e. The van der Waals surface area contributed by atoms with Crippen LogP contribution in [0.15, 0.2) is 42.9 Å². The molecule has 0 atom stereocenters. The lowest BCUT2D eigenvalue weighted by molar-refractivity contribution is 0.0684. The summed E-state index contributed by atoms with van der Waals surface area (Å²) >= 11 is 0. The van der Waals surface area contributed by atoms with Gasteiger partial charge in [0.25, 0.3) is 5.91 Å². The molecule has 3 rings (SSSR count). The van der Waals surface area contributed by atoms with Crippen LogP contribution in [0.4, 0.5) is 0 Å². The molecular formula is C14H16N4O. The van der Waals surface area contributed by atoms with Crippen LogP contribution in [0.3, 0.4) is 0 Å². The Hall–Kier alpha value is -2.17. The fourth-order valence-corrected chi connectivity index (χ4v) is 2.48. The molecule has 0 saturated carbocycles. The molecule has 5 nitrogen and oxygen atoms in total. The van der Waals surface area contributed by atoms with Gasteiger partial charge >= 0.3 is 0 Å². The maximum absolute atomic E-state index is 12.2. The number of amides is 1. The molecule has 0 N–H and O–H groups in total. The third kappa shape index (κ3) is 2.50. The first kappa shape index (κ1) is 11.9. The molecule has 2 aromatic heterocycles. The lowest BCUT2D eigenvalue weighted by Gasteiger charge is -2.31. The molecule has 0 bridgehead atoms. The van der Waals surface area contributed by atoms with Gasteiger partial charge in [0.2, 0.25) is 0 Å². The molecule has 0 radical (unpaired) electrons. The van der Waals surface area contributed by atoms with E-state index in [4.69, 9.17) is 0 Å². The van der Waals surface area contributed by atoms with Crippen molar-refractivity contribution in [2.24, 2.45) is 0 Å². The van der Waals surface area contributed by atoms with Gasteiger partial charge < -0.3 is 4.90 Å². The van der Waals surface area contributed by atoms with E-state index in [0.29, 0.717) is 11.7 Å². The van der Waals surface area contributed by atoms with E-state index < -0.39 is 0 Å². The summed E-state index contributed by atoms with van der Waals surface area (Å²) in [5, 5.41) is 4.27. The van der Waals surface area contributed by atoms with Gasteiger partial charge in [0.05, 0.1) is 6.04 Å². The lowest BCUT2D eigenvalue weighted by atomic mass is 10.0. The highest BCUT2D eigenvalue weighted by Crippen LogP contribution is 2.22. The lowest BCUT2D eigenvalue weighted by Crippen LogP contribution is -2.39. The van der Waals surface area contributed by atoms with Gasteiger partial charge in [-0.05, 0) is 31.0 Å². The van der Waals surface area contributed by atoms with E-state index in [1.54, 1.807) is 18.5 Å². The van der Waals surface area contributed by atoms with Gasteiger partial charge in [0, 0.05) is 31.7 Å². The van der Waals surface area contributed by atoms with Crippen LogP contribution in [-0.2, 0) is 0 Å². The minimum atomic E-state index is 0.0273. The predicted octanol–water partition coefficient (Wildman–Crippen LogP) is 1.76. The Morgan fingerprint density at radius 1 is 1.16 bits per heavy atom. The molecule has 98 valence electrons. The molecule has 19 heavy (non-hydrogen) atoms. The molecule has 1 fully saturated rings. The van der Waals surface area contributed by atoms with Gasteiger partial charge in [-0.3, -0.25) is 14.5 Å². The van der Waals surface area contributed by atoms with Crippen molar-refractivity contribution < 1.29 is 4.79 Å². The highest BCUT2D eigenvalue weighted by atomic mass is 16.2. The SMILES string of the molecule is O=C(c1ccccn1)N1CCC(n2cccn2)CC1. The van der Waals surface area contributed by atoms with Crippen LogP contribution in [0.1, 0.15) is 29.4 Å². The average molecular weight is 256 g/mol. The van der Waals surface area contributed by atoms with Crippen molar-refractivity contribution in [1.29, 1.82) is 0 Å². The zero-order valence-corrected chi connectivity index (χ0v) is 10.6. The maximum atomic E-state index is 12.2. The Morgan fingerprint density at radius 2 is 2.00 bits per heavy atom. The molecule has 0 unspecified atom stereocenters. The van der Waals surface area contributed by atoms with Gasteiger partial charge in [-0.2, -0.15) is 5.10 Å². The zero-order chi connectivity index (χ0) is 13.1. The molecule has 1 amide bonds. The second-order valence-corrected chi connectivity index (χ2v) is 4.72. The van der Waals surface area contributed by atoms with E-state index >= 15 is 0 Å². The van der Waals surface area contributed by atoms with Crippen molar-refractivity contribution >= 4 is 5.91 Å². The maximum Gasteiger partial charge on any atom is 0.272 e. The summed E-state index contributed by atoms with van der Waals surface area (Å²) in [6, 6.07) is 7.77. The number of hydrogen-bond donors (Lipinski definition) is 0. The van der Waals surface area contributed by atoms with Gasteiger partial charge in [-0.25, -0.2) is 0 Å². The molecule has 3 heterocycles. The predicted molar refractivity (Wildman–Crippen MR) is 70.6 cm³/mol. The van der Waals surface area contributed by atoms with Gasteiger partial charge in [0.1, 0.15) is 5.69 Å². The molecule has 0 aromatic carbocycles. The zero-order valence-electron chi connectivity index (χ0n) is 10.6. The van der Waals surface area contributed by atoms with Gasteiger partial charge in [0.15, 0.2) is 0 Å². The molecule has 2 aromatic rings. The van der Waals surface area contributed by atoms with Crippen LogP contribution in [0.25, 0.3) is 0 Å². The van der Waals surface area contributed by atoms with Crippen molar-refractivity contribution in [2.45, 2.75) is 18.9 Å². The van der Waals surface area contributed by atoms with E-state index in [-0.39, 0.29) is 5.91 Å². The van der Waals surface area contributed by atoms with Crippen LogP contribution in [0.2, 0.25) is 0 Å². The van der Waals surface area contributed by atoms with Crippen LogP contribution in [0.5, 0.6) is 0 Å². The Balaban J connectivity index is 1.63. The molecule has 1 aliphatic rings. The molecule has 5 heteroatoms. The third-order valence-electron chi connectivity index (χ3n) is 3.53. The number of nitrogens with zero attached hydrogens (tertiary/aromatic N) is 4. The van der Waals surface area contributed by atoms with Crippen molar-refractivity contribution in [3.63, 3.8) is 0 Å². The summed E-state index contributed by atoms with van der Waals surface area (Å²) in [5.41, 5.74) is 0.528. The Morgan fingerprint density at radius 3 is 2.63 bits per heavy atom. The normalized spacial score (nSPS) is 16.5. The number of hydrogen-bond acceptors (Lipinski definition) is 3. The number of piperidine rings is 1. The standard InChI is InChI=1S/C14H16N4O/c19-14(13-4-1-2-7-15-13)17-10-5-12(6-11-17)18-9-3-8-16-18/h1-4,7-9,12H,5-6,10-11H2. The highest BCUT2D eigenvalue weighted by Gasteiger charge is 2.25. The largest absolute Gasteiger partial charge is 0.337 e. The first-order chi connectivity index (χ1) is 9.34. The fraction of sp³-hybridized carbons (Fsp3) is 0.357.